The van der Waals surface area contributed by atoms with Crippen molar-refractivity contribution in [3.8, 4) is 10.6 Å². The van der Waals surface area contributed by atoms with E-state index in [2.05, 4.69) is 61.7 Å². The zero-order valence-electron chi connectivity index (χ0n) is 19.3. The topological polar surface area (TPSA) is 56.5 Å². The summed E-state index contributed by atoms with van der Waals surface area (Å²) in [6, 6.07) is 8.92. The van der Waals surface area contributed by atoms with Crippen LogP contribution in [0.2, 0.25) is 0 Å². The van der Waals surface area contributed by atoms with Crippen molar-refractivity contribution in [1.82, 2.24) is 13.9 Å². The van der Waals surface area contributed by atoms with E-state index < -0.39 is 10.0 Å². The van der Waals surface area contributed by atoms with Crippen LogP contribution in [0.25, 0.3) is 20.8 Å². The Labute approximate surface area is 194 Å². The average molecular weight is 472 g/mol. The number of piperazine rings is 1. The highest BCUT2D eigenvalue weighted by molar-refractivity contribution is 7.90. The second-order valence-corrected chi connectivity index (χ2v) is 12.5. The Balaban J connectivity index is 1.51. The van der Waals surface area contributed by atoms with Gasteiger partial charge in [0, 0.05) is 44.0 Å². The molecule has 0 bridgehead atoms. The van der Waals surface area contributed by atoms with Gasteiger partial charge in [-0.3, -0.25) is 0 Å². The van der Waals surface area contributed by atoms with Gasteiger partial charge in [0.05, 0.1) is 26.0 Å². The van der Waals surface area contributed by atoms with Crippen LogP contribution in [0, 0.1) is 6.92 Å². The highest BCUT2D eigenvalue weighted by Gasteiger charge is 2.41. The predicted octanol–water partition coefficient (Wildman–Crippen LogP) is 2.92. The van der Waals surface area contributed by atoms with Gasteiger partial charge in [-0.25, -0.2) is 18.0 Å². The molecule has 2 aliphatic carbocycles. The second kappa shape index (κ2) is 8.08. The lowest BCUT2D eigenvalue weighted by molar-refractivity contribution is 0.384. The Kier molecular flexibility index (Phi) is 5.50. The van der Waals surface area contributed by atoms with E-state index in [0.29, 0.717) is 13.1 Å². The van der Waals surface area contributed by atoms with Gasteiger partial charge in [-0.15, -0.1) is 11.3 Å². The SMILES string of the molecule is CCc1cc(=[N+](C)C)cc2sc3cc(N4CCN(S(=O)(=O)C5CC5)CC4)cc(C)c3nc1-2. The molecule has 6 nitrogen and oxygen atoms in total. The highest BCUT2D eigenvalue weighted by atomic mass is 32.2. The van der Waals surface area contributed by atoms with Gasteiger partial charge in [0.15, 0.2) is 0 Å². The number of rotatable bonds is 4. The van der Waals surface area contributed by atoms with Gasteiger partial charge in [-0.2, -0.15) is 4.31 Å². The first-order chi connectivity index (χ1) is 15.3. The molecule has 4 aliphatic rings. The van der Waals surface area contributed by atoms with Crippen molar-refractivity contribution in [2.75, 3.05) is 45.2 Å². The lowest BCUT2D eigenvalue weighted by atomic mass is 10.1. The van der Waals surface area contributed by atoms with Gasteiger partial charge in [0.1, 0.15) is 14.1 Å². The van der Waals surface area contributed by atoms with E-state index in [1.807, 2.05) is 0 Å². The number of sulfonamides is 1. The number of fused-ring (bicyclic) bond motifs is 2. The minimum atomic E-state index is -3.08. The molecule has 8 heteroatoms. The quantitative estimate of drug-likeness (QED) is 0.434. The van der Waals surface area contributed by atoms with Crippen LogP contribution in [-0.4, -0.2) is 63.2 Å². The fourth-order valence-electron chi connectivity index (χ4n) is 4.52. The van der Waals surface area contributed by atoms with Gasteiger partial charge in [0.2, 0.25) is 15.4 Å². The number of hydrogen-bond acceptors (Lipinski definition) is 5. The van der Waals surface area contributed by atoms with Gasteiger partial charge < -0.3 is 4.90 Å². The van der Waals surface area contributed by atoms with Crippen LogP contribution in [0.3, 0.4) is 0 Å². The minimum Gasteiger partial charge on any atom is -0.369 e. The fraction of sp³-hybridized carbons (Fsp3) is 0.500. The van der Waals surface area contributed by atoms with E-state index in [1.165, 1.54) is 26.1 Å². The molecule has 1 saturated carbocycles. The van der Waals surface area contributed by atoms with Crippen molar-refractivity contribution >= 4 is 37.3 Å². The Morgan fingerprint density at radius 1 is 1.09 bits per heavy atom. The number of nitrogens with zero attached hydrogens (tertiary/aromatic N) is 4. The lowest BCUT2D eigenvalue weighted by Crippen LogP contribution is -2.49. The van der Waals surface area contributed by atoms with Crippen LogP contribution < -0.4 is 14.8 Å². The van der Waals surface area contributed by atoms with Crippen molar-refractivity contribution in [3.63, 3.8) is 0 Å². The van der Waals surface area contributed by atoms with Gasteiger partial charge >= 0.3 is 0 Å². The van der Waals surface area contributed by atoms with E-state index in [1.54, 1.807) is 15.6 Å². The third kappa shape index (κ3) is 3.82. The van der Waals surface area contributed by atoms with E-state index in [9.17, 15) is 8.42 Å². The average Bonchev–Trinajstić information content (AvgIpc) is 3.63. The zero-order valence-corrected chi connectivity index (χ0v) is 20.9. The van der Waals surface area contributed by atoms with Crippen LogP contribution in [0.4, 0.5) is 5.69 Å². The van der Waals surface area contributed by atoms with E-state index in [4.69, 9.17) is 4.98 Å². The molecular formula is C24H31N4O2S2+. The van der Waals surface area contributed by atoms with Crippen LogP contribution in [-0.2, 0) is 16.4 Å². The number of anilines is 1. The van der Waals surface area contributed by atoms with Crippen LogP contribution in [0.1, 0.15) is 30.9 Å². The summed E-state index contributed by atoms with van der Waals surface area (Å²) in [4.78, 5) is 8.61. The number of aryl methyl sites for hydroxylation is 2. The van der Waals surface area contributed by atoms with Crippen molar-refractivity contribution in [2.45, 2.75) is 38.4 Å². The molecule has 0 spiro atoms. The van der Waals surface area contributed by atoms with Crippen molar-refractivity contribution < 1.29 is 8.42 Å². The number of benzene rings is 2. The molecule has 170 valence electrons. The van der Waals surface area contributed by atoms with Gasteiger partial charge in [-0.05, 0) is 49.4 Å². The Morgan fingerprint density at radius 3 is 2.44 bits per heavy atom. The molecule has 32 heavy (non-hydrogen) atoms. The monoisotopic (exact) mass is 471 g/mol. The summed E-state index contributed by atoms with van der Waals surface area (Å²) in [5.74, 6) is 0. The molecule has 0 radical (unpaired) electrons. The molecule has 0 atom stereocenters. The minimum absolute atomic E-state index is 0.127. The standard InChI is InChI=1S/C24H31N4O2S2/c1-5-17-13-18(26(3)4)14-22-24(17)25-23-16(2)12-19(15-21(23)31-22)27-8-10-28(11-9-27)32(29,30)20-6-7-20/h12-15,20H,5-11H2,1-4H3/q+1. The summed E-state index contributed by atoms with van der Waals surface area (Å²) >= 11 is 1.80. The Bertz CT molecular complexity index is 1330. The molecule has 1 aromatic carbocycles. The first-order valence-electron chi connectivity index (χ1n) is 11.4. The zero-order chi connectivity index (χ0) is 22.6. The Hall–Kier alpha value is -2.03. The van der Waals surface area contributed by atoms with Gasteiger partial charge in [-0.1, -0.05) is 6.92 Å². The molecule has 1 aromatic rings. The predicted molar refractivity (Wildman–Crippen MR) is 133 cm³/mol. The molecule has 5 rings (SSSR count). The number of aromatic nitrogens is 1. The van der Waals surface area contributed by atoms with Crippen LogP contribution in [0.15, 0.2) is 24.3 Å². The van der Waals surface area contributed by atoms with Crippen molar-refractivity contribution in [3.05, 3.63) is 40.7 Å². The molecule has 2 aliphatic heterocycles. The third-order valence-electron chi connectivity index (χ3n) is 6.64. The van der Waals surface area contributed by atoms with Crippen LogP contribution >= 0.6 is 11.3 Å². The first kappa shape index (κ1) is 21.8. The first-order valence-corrected chi connectivity index (χ1v) is 13.7. The lowest BCUT2D eigenvalue weighted by Gasteiger charge is -2.35. The highest BCUT2D eigenvalue weighted by Crippen LogP contribution is 2.36. The maximum absolute atomic E-state index is 12.6. The van der Waals surface area contributed by atoms with Crippen LogP contribution in [0.5, 0.6) is 0 Å². The normalized spacial score (nSPS) is 17.9. The molecule has 2 heterocycles. The number of hydrogen-bond donors (Lipinski definition) is 0. The summed E-state index contributed by atoms with van der Waals surface area (Å²) in [5.41, 5.74) is 5.78. The van der Waals surface area contributed by atoms with Crippen molar-refractivity contribution in [2.24, 2.45) is 0 Å². The smallest absolute Gasteiger partial charge is 0.217 e. The van der Waals surface area contributed by atoms with E-state index in [0.717, 1.165) is 49.2 Å². The maximum Gasteiger partial charge on any atom is 0.217 e. The summed E-state index contributed by atoms with van der Waals surface area (Å²) in [5, 5.41) is 1.07. The second-order valence-electron chi connectivity index (χ2n) is 9.15. The molecule has 1 saturated heterocycles. The molecule has 0 amide bonds. The molecule has 0 unspecified atom stereocenters. The van der Waals surface area contributed by atoms with E-state index >= 15 is 0 Å². The Morgan fingerprint density at radius 2 is 1.81 bits per heavy atom. The molecule has 0 N–H and O–H groups in total. The molecule has 0 aromatic heterocycles. The summed E-state index contributed by atoms with van der Waals surface area (Å²) in [6.07, 6.45) is 2.60. The molecular weight excluding hydrogens is 440 g/mol. The van der Waals surface area contributed by atoms with E-state index in [-0.39, 0.29) is 5.25 Å². The maximum atomic E-state index is 12.6. The summed E-state index contributed by atoms with van der Waals surface area (Å²) in [7, 11) is 1.06. The van der Waals surface area contributed by atoms with Gasteiger partial charge in [0.25, 0.3) is 0 Å². The van der Waals surface area contributed by atoms with Crippen molar-refractivity contribution in [1.29, 1.82) is 0 Å². The third-order valence-corrected chi connectivity index (χ3v) is 10.1. The largest absolute Gasteiger partial charge is 0.369 e. The summed E-state index contributed by atoms with van der Waals surface area (Å²) in [6.45, 7) is 6.91. The fourth-order valence-corrected chi connectivity index (χ4v) is 7.52. The summed E-state index contributed by atoms with van der Waals surface area (Å²) < 4.78 is 30.2. The molecule has 2 fully saturated rings.